The van der Waals surface area contributed by atoms with Gasteiger partial charge in [0.25, 0.3) is 0 Å². The zero-order chi connectivity index (χ0) is 18.4. The van der Waals surface area contributed by atoms with Crippen LogP contribution in [0.5, 0.6) is 5.75 Å². The smallest absolute Gasteiger partial charge is 0.310 e. The van der Waals surface area contributed by atoms with Crippen LogP contribution in [0.3, 0.4) is 0 Å². The van der Waals surface area contributed by atoms with Gasteiger partial charge in [-0.15, -0.1) is 0 Å². The van der Waals surface area contributed by atoms with Gasteiger partial charge in [0.2, 0.25) is 5.91 Å². The fourth-order valence-corrected chi connectivity index (χ4v) is 3.15. The lowest BCUT2D eigenvalue weighted by atomic mass is 9.97. The highest BCUT2D eigenvalue weighted by molar-refractivity contribution is 6.31. The first-order valence-corrected chi connectivity index (χ1v) is 8.56. The summed E-state index contributed by atoms with van der Waals surface area (Å²) in [6.07, 6.45) is 1.62. The van der Waals surface area contributed by atoms with Gasteiger partial charge in [-0.25, -0.2) is 0 Å². The summed E-state index contributed by atoms with van der Waals surface area (Å²) in [7, 11) is 2.83. The van der Waals surface area contributed by atoms with Crippen molar-refractivity contribution < 1.29 is 23.9 Å². The topological polar surface area (TPSA) is 72.9 Å². The molecule has 2 rings (SSSR count). The molecular formula is C18H22ClNO5. The number of esters is 1. The Balaban J connectivity index is 1.94. The van der Waals surface area contributed by atoms with Crippen LogP contribution >= 0.6 is 11.6 Å². The lowest BCUT2D eigenvalue weighted by Crippen LogP contribution is -2.42. The number of carbonyl (C=O) groups excluding carboxylic acids is 3. The average molecular weight is 368 g/mol. The molecule has 0 saturated carbocycles. The number of benzene rings is 1. The number of halogens is 1. The van der Waals surface area contributed by atoms with Crippen LogP contribution in [-0.2, 0) is 14.3 Å². The maximum absolute atomic E-state index is 12.4. The average Bonchev–Trinajstić information content (AvgIpc) is 2.65. The third-order valence-electron chi connectivity index (χ3n) is 4.34. The summed E-state index contributed by atoms with van der Waals surface area (Å²) >= 11 is 5.94. The van der Waals surface area contributed by atoms with Gasteiger partial charge in [0.05, 0.1) is 25.7 Å². The van der Waals surface area contributed by atoms with E-state index in [1.165, 1.54) is 14.2 Å². The SMILES string of the molecule is COC(=O)C1CCCN(C(=O)CCC(=O)c2cc(Cl)ccc2OC)C1. The van der Waals surface area contributed by atoms with Crippen molar-refractivity contribution in [2.75, 3.05) is 27.3 Å². The highest BCUT2D eigenvalue weighted by atomic mass is 35.5. The highest BCUT2D eigenvalue weighted by Crippen LogP contribution is 2.25. The van der Waals surface area contributed by atoms with E-state index in [2.05, 4.69) is 0 Å². The monoisotopic (exact) mass is 367 g/mol. The number of nitrogens with zero attached hydrogens (tertiary/aromatic N) is 1. The van der Waals surface area contributed by atoms with E-state index in [1.54, 1.807) is 23.1 Å². The summed E-state index contributed by atoms with van der Waals surface area (Å²) < 4.78 is 9.92. The molecule has 1 atom stereocenters. The van der Waals surface area contributed by atoms with Gasteiger partial charge < -0.3 is 14.4 Å². The van der Waals surface area contributed by atoms with Crippen molar-refractivity contribution in [3.05, 3.63) is 28.8 Å². The predicted octanol–water partition coefficient (Wildman–Crippen LogP) is 2.72. The second kappa shape index (κ2) is 8.85. The van der Waals surface area contributed by atoms with Crippen LogP contribution in [0, 0.1) is 5.92 Å². The number of methoxy groups -OCH3 is 2. The number of rotatable bonds is 6. The zero-order valence-corrected chi connectivity index (χ0v) is 15.2. The van der Waals surface area contributed by atoms with E-state index in [9.17, 15) is 14.4 Å². The molecule has 1 fully saturated rings. The van der Waals surface area contributed by atoms with Crippen LogP contribution in [0.1, 0.15) is 36.0 Å². The number of hydrogen-bond acceptors (Lipinski definition) is 5. The molecule has 0 aromatic heterocycles. The van der Waals surface area contributed by atoms with E-state index in [1.807, 2.05) is 0 Å². The largest absolute Gasteiger partial charge is 0.496 e. The van der Waals surface area contributed by atoms with E-state index >= 15 is 0 Å². The number of ether oxygens (including phenoxy) is 2. The molecular weight excluding hydrogens is 346 g/mol. The molecule has 1 aliphatic heterocycles. The fourth-order valence-electron chi connectivity index (χ4n) is 2.97. The predicted molar refractivity (Wildman–Crippen MR) is 92.9 cm³/mol. The van der Waals surface area contributed by atoms with Gasteiger partial charge >= 0.3 is 5.97 Å². The lowest BCUT2D eigenvalue weighted by Gasteiger charge is -2.31. The van der Waals surface area contributed by atoms with Crippen LogP contribution in [-0.4, -0.2) is 49.9 Å². The minimum Gasteiger partial charge on any atom is -0.496 e. The van der Waals surface area contributed by atoms with E-state index < -0.39 is 0 Å². The summed E-state index contributed by atoms with van der Waals surface area (Å²) in [5, 5.41) is 0.437. The fraction of sp³-hybridized carbons (Fsp3) is 0.500. The van der Waals surface area contributed by atoms with Gasteiger partial charge in [0.15, 0.2) is 5.78 Å². The number of piperidine rings is 1. The highest BCUT2D eigenvalue weighted by Gasteiger charge is 2.29. The van der Waals surface area contributed by atoms with E-state index in [0.717, 1.165) is 12.8 Å². The molecule has 1 amide bonds. The molecule has 1 unspecified atom stereocenters. The quantitative estimate of drug-likeness (QED) is 0.571. The van der Waals surface area contributed by atoms with Crippen molar-refractivity contribution in [2.45, 2.75) is 25.7 Å². The molecule has 0 spiro atoms. The Morgan fingerprint density at radius 3 is 2.68 bits per heavy atom. The van der Waals surface area contributed by atoms with Crippen LogP contribution in [0.2, 0.25) is 5.02 Å². The Morgan fingerprint density at radius 1 is 1.24 bits per heavy atom. The second-order valence-electron chi connectivity index (χ2n) is 5.97. The summed E-state index contributed by atoms with van der Waals surface area (Å²) in [4.78, 5) is 38.1. The van der Waals surface area contributed by atoms with Gasteiger partial charge in [0, 0.05) is 31.0 Å². The third kappa shape index (κ3) is 4.95. The summed E-state index contributed by atoms with van der Waals surface area (Å²) in [5.74, 6) is -0.480. The summed E-state index contributed by atoms with van der Waals surface area (Å²) in [6, 6.07) is 4.81. The molecule has 25 heavy (non-hydrogen) atoms. The first-order valence-electron chi connectivity index (χ1n) is 8.18. The van der Waals surface area contributed by atoms with Crippen LogP contribution in [0.25, 0.3) is 0 Å². The van der Waals surface area contributed by atoms with Crippen LogP contribution in [0.4, 0.5) is 0 Å². The third-order valence-corrected chi connectivity index (χ3v) is 4.57. The molecule has 1 aromatic rings. The van der Waals surface area contributed by atoms with Crippen molar-refractivity contribution in [1.29, 1.82) is 0 Å². The van der Waals surface area contributed by atoms with Crippen molar-refractivity contribution in [2.24, 2.45) is 5.92 Å². The molecule has 1 aliphatic rings. The Hall–Kier alpha value is -2.08. The maximum atomic E-state index is 12.4. The van der Waals surface area contributed by atoms with Crippen molar-refractivity contribution in [3.63, 3.8) is 0 Å². The van der Waals surface area contributed by atoms with Crippen molar-refractivity contribution in [1.82, 2.24) is 4.90 Å². The number of ketones is 1. The molecule has 136 valence electrons. The normalized spacial score (nSPS) is 17.1. The minimum atomic E-state index is -0.294. The number of likely N-dealkylation sites (tertiary alicyclic amines) is 1. The van der Waals surface area contributed by atoms with Gasteiger partial charge in [0.1, 0.15) is 5.75 Å². The first-order chi connectivity index (χ1) is 12.0. The lowest BCUT2D eigenvalue weighted by molar-refractivity contribution is -0.149. The molecule has 0 aliphatic carbocycles. The number of amides is 1. The second-order valence-corrected chi connectivity index (χ2v) is 6.41. The number of hydrogen-bond donors (Lipinski definition) is 0. The molecule has 0 bridgehead atoms. The van der Waals surface area contributed by atoms with Crippen LogP contribution in [0.15, 0.2) is 18.2 Å². The number of Topliss-reactive ketones (excluding diaryl/α,β-unsaturated/α-hetero) is 1. The molecule has 1 saturated heterocycles. The molecule has 1 heterocycles. The Morgan fingerprint density at radius 2 is 2.00 bits per heavy atom. The minimum absolute atomic E-state index is 0.0644. The molecule has 7 heteroatoms. The van der Waals surface area contributed by atoms with Crippen molar-refractivity contribution >= 4 is 29.3 Å². The molecule has 6 nitrogen and oxygen atoms in total. The van der Waals surface area contributed by atoms with Gasteiger partial charge in [-0.2, -0.15) is 0 Å². The Bertz CT molecular complexity index is 661. The summed E-state index contributed by atoms with van der Waals surface area (Å²) in [6.45, 7) is 0.946. The van der Waals surface area contributed by atoms with E-state index in [-0.39, 0.29) is 36.4 Å². The maximum Gasteiger partial charge on any atom is 0.310 e. The standard InChI is InChI=1S/C18H22ClNO5/c1-24-16-7-5-13(19)10-14(16)15(21)6-8-17(22)20-9-3-4-12(11-20)18(23)25-2/h5,7,10,12H,3-4,6,8-9,11H2,1-2H3. The number of carbonyl (C=O) groups is 3. The molecule has 0 N–H and O–H groups in total. The van der Waals surface area contributed by atoms with E-state index in [0.29, 0.717) is 29.4 Å². The van der Waals surface area contributed by atoms with Gasteiger partial charge in [-0.05, 0) is 31.0 Å². The molecule has 0 radical (unpaired) electrons. The van der Waals surface area contributed by atoms with Crippen molar-refractivity contribution in [3.8, 4) is 5.75 Å². The van der Waals surface area contributed by atoms with Gasteiger partial charge in [-0.3, -0.25) is 14.4 Å². The molecule has 1 aromatic carbocycles. The van der Waals surface area contributed by atoms with E-state index in [4.69, 9.17) is 21.1 Å². The van der Waals surface area contributed by atoms with Crippen LogP contribution < -0.4 is 4.74 Å². The Labute approximate surface area is 152 Å². The Kier molecular flexibility index (Phi) is 6.82. The zero-order valence-electron chi connectivity index (χ0n) is 14.4. The first kappa shape index (κ1) is 19.2. The van der Waals surface area contributed by atoms with Gasteiger partial charge in [-0.1, -0.05) is 11.6 Å². The summed E-state index contributed by atoms with van der Waals surface area (Å²) in [5.41, 5.74) is 0.369.